The minimum Gasteiger partial charge on any atom is -0.355 e. The zero-order chi connectivity index (χ0) is 10.3. The molecule has 0 aliphatic heterocycles. The van der Waals surface area contributed by atoms with E-state index < -0.39 is 0 Å². The molecule has 3 heteroatoms. The summed E-state index contributed by atoms with van der Waals surface area (Å²) in [6.45, 7) is 9.80. The average Bonchev–Trinajstić information content (AvgIpc) is 2.04. The molecule has 0 radical (unpaired) electrons. The van der Waals surface area contributed by atoms with Gasteiger partial charge in [0.1, 0.15) is 0 Å². The van der Waals surface area contributed by atoms with Gasteiger partial charge in [0, 0.05) is 6.54 Å². The van der Waals surface area contributed by atoms with E-state index in [0.29, 0.717) is 12.5 Å². The largest absolute Gasteiger partial charge is 0.355 e. The van der Waals surface area contributed by atoms with Crippen LogP contribution < -0.4 is 10.6 Å². The molecule has 0 aliphatic rings. The van der Waals surface area contributed by atoms with Gasteiger partial charge in [-0.15, -0.1) is 0 Å². The SMILES string of the molecule is CCNC(=O)C(C)NCCC(C)C. The predicted octanol–water partition coefficient (Wildman–Crippen LogP) is 1.15. The van der Waals surface area contributed by atoms with Crippen LogP contribution in [0.3, 0.4) is 0 Å². The van der Waals surface area contributed by atoms with Crippen molar-refractivity contribution in [3.05, 3.63) is 0 Å². The highest BCUT2D eigenvalue weighted by Crippen LogP contribution is 1.96. The van der Waals surface area contributed by atoms with E-state index in [1.807, 2.05) is 13.8 Å². The summed E-state index contributed by atoms with van der Waals surface area (Å²) in [5.41, 5.74) is 0. The van der Waals surface area contributed by atoms with Crippen molar-refractivity contribution in [2.24, 2.45) is 5.92 Å². The fourth-order valence-corrected chi connectivity index (χ4v) is 1.01. The van der Waals surface area contributed by atoms with Crippen molar-refractivity contribution in [3.8, 4) is 0 Å². The van der Waals surface area contributed by atoms with Gasteiger partial charge < -0.3 is 10.6 Å². The minimum atomic E-state index is -0.0706. The van der Waals surface area contributed by atoms with Crippen molar-refractivity contribution in [2.45, 2.75) is 40.2 Å². The van der Waals surface area contributed by atoms with Gasteiger partial charge in [0.25, 0.3) is 0 Å². The normalized spacial score (nSPS) is 13.0. The molecule has 1 amide bonds. The second-order valence-electron chi connectivity index (χ2n) is 3.75. The quantitative estimate of drug-likeness (QED) is 0.653. The molecule has 78 valence electrons. The van der Waals surface area contributed by atoms with Gasteiger partial charge in [-0.25, -0.2) is 0 Å². The second-order valence-corrected chi connectivity index (χ2v) is 3.75. The maximum atomic E-state index is 11.2. The van der Waals surface area contributed by atoms with Crippen molar-refractivity contribution < 1.29 is 4.79 Å². The van der Waals surface area contributed by atoms with Crippen LogP contribution in [0.25, 0.3) is 0 Å². The summed E-state index contributed by atoms with van der Waals surface area (Å²) in [4.78, 5) is 11.2. The first kappa shape index (κ1) is 12.4. The maximum absolute atomic E-state index is 11.2. The standard InChI is InChI=1S/C10H22N2O/c1-5-11-10(13)9(4)12-7-6-8(2)3/h8-9,12H,5-7H2,1-4H3,(H,11,13). The Balaban J connectivity index is 3.49. The van der Waals surface area contributed by atoms with Crippen molar-refractivity contribution in [2.75, 3.05) is 13.1 Å². The molecule has 0 aromatic carbocycles. The van der Waals surface area contributed by atoms with Crippen LogP contribution in [0.4, 0.5) is 0 Å². The summed E-state index contributed by atoms with van der Waals surface area (Å²) >= 11 is 0. The third-order valence-corrected chi connectivity index (χ3v) is 1.92. The molecule has 0 saturated heterocycles. The molecule has 0 aliphatic carbocycles. The third-order valence-electron chi connectivity index (χ3n) is 1.92. The fourth-order valence-electron chi connectivity index (χ4n) is 1.01. The average molecular weight is 186 g/mol. The number of carbonyl (C=O) groups excluding carboxylic acids is 1. The van der Waals surface area contributed by atoms with Gasteiger partial charge in [0.05, 0.1) is 6.04 Å². The molecule has 13 heavy (non-hydrogen) atoms. The van der Waals surface area contributed by atoms with Crippen molar-refractivity contribution in [1.82, 2.24) is 10.6 Å². The molecule has 0 rings (SSSR count). The summed E-state index contributed by atoms with van der Waals surface area (Å²) in [5.74, 6) is 0.778. The Morgan fingerprint density at radius 3 is 2.38 bits per heavy atom. The first-order valence-corrected chi connectivity index (χ1v) is 5.09. The predicted molar refractivity (Wildman–Crippen MR) is 55.6 cm³/mol. The number of amides is 1. The van der Waals surface area contributed by atoms with Gasteiger partial charge in [-0.3, -0.25) is 4.79 Å². The van der Waals surface area contributed by atoms with Gasteiger partial charge >= 0.3 is 0 Å². The van der Waals surface area contributed by atoms with E-state index in [-0.39, 0.29) is 11.9 Å². The van der Waals surface area contributed by atoms with E-state index in [2.05, 4.69) is 24.5 Å². The van der Waals surface area contributed by atoms with Crippen LogP contribution in [-0.2, 0) is 4.79 Å². The number of carbonyl (C=O) groups is 1. The Bertz CT molecular complexity index is 146. The van der Waals surface area contributed by atoms with Crippen LogP contribution in [0.2, 0.25) is 0 Å². The molecule has 0 saturated carbocycles. The van der Waals surface area contributed by atoms with Gasteiger partial charge in [-0.1, -0.05) is 13.8 Å². The summed E-state index contributed by atoms with van der Waals surface area (Å²) in [7, 11) is 0. The van der Waals surface area contributed by atoms with Crippen molar-refractivity contribution >= 4 is 5.91 Å². The Morgan fingerprint density at radius 1 is 1.31 bits per heavy atom. The molecule has 0 heterocycles. The lowest BCUT2D eigenvalue weighted by Crippen LogP contribution is -2.42. The molecule has 0 aromatic heterocycles. The number of rotatable bonds is 6. The van der Waals surface area contributed by atoms with Crippen LogP contribution in [0, 0.1) is 5.92 Å². The lowest BCUT2D eigenvalue weighted by atomic mass is 10.1. The monoisotopic (exact) mass is 186 g/mol. The van der Waals surface area contributed by atoms with E-state index in [4.69, 9.17) is 0 Å². The van der Waals surface area contributed by atoms with Crippen LogP contribution in [0.1, 0.15) is 34.1 Å². The van der Waals surface area contributed by atoms with Crippen LogP contribution in [0.5, 0.6) is 0 Å². The lowest BCUT2D eigenvalue weighted by molar-refractivity contribution is -0.122. The van der Waals surface area contributed by atoms with Gasteiger partial charge in [-0.05, 0) is 32.7 Å². The van der Waals surface area contributed by atoms with Gasteiger partial charge in [0.2, 0.25) is 5.91 Å². The Kier molecular flexibility index (Phi) is 6.59. The minimum absolute atomic E-state index is 0.0706. The smallest absolute Gasteiger partial charge is 0.236 e. The summed E-state index contributed by atoms with van der Waals surface area (Å²) in [6.07, 6.45) is 1.11. The Hall–Kier alpha value is -0.570. The highest BCUT2D eigenvalue weighted by atomic mass is 16.2. The number of hydrogen-bond acceptors (Lipinski definition) is 2. The molecule has 1 unspecified atom stereocenters. The molecular weight excluding hydrogens is 164 g/mol. The molecule has 0 spiro atoms. The Morgan fingerprint density at radius 2 is 1.92 bits per heavy atom. The molecule has 0 bridgehead atoms. The second kappa shape index (κ2) is 6.89. The van der Waals surface area contributed by atoms with Crippen molar-refractivity contribution in [1.29, 1.82) is 0 Å². The highest BCUT2D eigenvalue weighted by molar-refractivity contribution is 5.81. The lowest BCUT2D eigenvalue weighted by Gasteiger charge is -2.13. The molecule has 0 fully saturated rings. The van der Waals surface area contributed by atoms with E-state index in [9.17, 15) is 4.79 Å². The molecule has 1 atom stereocenters. The third kappa shape index (κ3) is 6.58. The van der Waals surface area contributed by atoms with E-state index >= 15 is 0 Å². The van der Waals surface area contributed by atoms with Gasteiger partial charge in [0.15, 0.2) is 0 Å². The summed E-state index contributed by atoms with van der Waals surface area (Å²) in [6, 6.07) is -0.0706. The van der Waals surface area contributed by atoms with Gasteiger partial charge in [-0.2, -0.15) is 0 Å². The van der Waals surface area contributed by atoms with E-state index in [0.717, 1.165) is 13.0 Å². The summed E-state index contributed by atoms with van der Waals surface area (Å²) < 4.78 is 0. The first-order valence-electron chi connectivity index (χ1n) is 5.09. The van der Waals surface area contributed by atoms with E-state index in [1.54, 1.807) is 0 Å². The molecular formula is C10H22N2O. The number of nitrogens with one attached hydrogen (secondary N) is 2. The fraction of sp³-hybridized carbons (Fsp3) is 0.900. The Labute approximate surface area is 81.3 Å². The van der Waals surface area contributed by atoms with Crippen LogP contribution >= 0.6 is 0 Å². The number of hydrogen-bond donors (Lipinski definition) is 2. The zero-order valence-electron chi connectivity index (χ0n) is 9.18. The first-order chi connectivity index (χ1) is 6.07. The number of likely N-dealkylation sites (N-methyl/N-ethyl adjacent to an activating group) is 1. The van der Waals surface area contributed by atoms with E-state index in [1.165, 1.54) is 0 Å². The van der Waals surface area contributed by atoms with Crippen molar-refractivity contribution in [3.63, 3.8) is 0 Å². The molecule has 2 N–H and O–H groups in total. The van der Waals surface area contributed by atoms with Crippen LogP contribution in [0.15, 0.2) is 0 Å². The zero-order valence-corrected chi connectivity index (χ0v) is 9.18. The molecule has 0 aromatic rings. The maximum Gasteiger partial charge on any atom is 0.236 e. The topological polar surface area (TPSA) is 41.1 Å². The highest BCUT2D eigenvalue weighted by Gasteiger charge is 2.09. The molecule has 3 nitrogen and oxygen atoms in total. The van der Waals surface area contributed by atoms with Crippen LogP contribution in [-0.4, -0.2) is 25.0 Å². The summed E-state index contributed by atoms with van der Waals surface area (Å²) in [5, 5.41) is 5.97.